The maximum absolute atomic E-state index is 11.3. The number of hydrogen-bond donors (Lipinski definition) is 2. The van der Waals surface area contributed by atoms with Gasteiger partial charge in [-0.3, -0.25) is 5.32 Å². The average Bonchev–Trinajstić information content (AvgIpc) is 2.68. The van der Waals surface area contributed by atoms with Gasteiger partial charge in [0.1, 0.15) is 0 Å². The Morgan fingerprint density at radius 2 is 2.21 bits per heavy atom. The summed E-state index contributed by atoms with van der Waals surface area (Å²) in [4.78, 5) is 27.1. The number of amides is 4. The van der Waals surface area contributed by atoms with E-state index < -0.39 is 12.1 Å². The Balaban J connectivity index is 2.54. The predicted molar refractivity (Wildman–Crippen MR) is 53.4 cm³/mol. The van der Waals surface area contributed by atoms with Crippen molar-refractivity contribution in [1.29, 1.82) is 0 Å². The maximum Gasteiger partial charge on any atom is 0.331 e. The van der Waals surface area contributed by atoms with Gasteiger partial charge >= 0.3 is 12.1 Å². The SMILES string of the molecule is CNC(=O)N(C)C(=O)Nc1nccs1. The monoisotopic (exact) mass is 214 g/mol. The summed E-state index contributed by atoms with van der Waals surface area (Å²) in [6.07, 6.45) is 1.57. The lowest BCUT2D eigenvalue weighted by Crippen LogP contribution is -2.41. The lowest BCUT2D eigenvalue weighted by atomic mass is 10.7. The van der Waals surface area contributed by atoms with Gasteiger partial charge in [-0.1, -0.05) is 0 Å². The highest BCUT2D eigenvalue weighted by molar-refractivity contribution is 7.13. The van der Waals surface area contributed by atoms with Crippen LogP contribution in [0.25, 0.3) is 0 Å². The van der Waals surface area contributed by atoms with Gasteiger partial charge in [0, 0.05) is 25.7 Å². The number of carbonyl (C=O) groups excluding carboxylic acids is 2. The fraction of sp³-hybridized carbons (Fsp3) is 0.286. The van der Waals surface area contributed by atoms with Gasteiger partial charge in [0.15, 0.2) is 5.13 Å². The van der Waals surface area contributed by atoms with Gasteiger partial charge < -0.3 is 5.32 Å². The second-order valence-electron chi connectivity index (χ2n) is 2.38. The first kappa shape index (κ1) is 10.5. The van der Waals surface area contributed by atoms with Crippen LogP contribution in [-0.2, 0) is 0 Å². The van der Waals surface area contributed by atoms with E-state index in [1.165, 1.54) is 25.4 Å². The highest BCUT2D eigenvalue weighted by Crippen LogP contribution is 2.10. The molecule has 14 heavy (non-hydrogen) atoms. The van der Waals surface area contributed by atoms with Crippen LogP contribution in [-0.4, -0.2) is 36.0 Å². The van der Waals surface area contributed by atoms with Gasteiger partial charge in [0.2, 0.25) is 0 Å². The Labute approximate surface area is 84.9 Å². The van der Waals surface area contributed by atoms with E-state index in [-0.39, 0.29) is 0 Å². The van der Waals surface area contributed by atoms with Crippen LogP contribution >= 0.6 is 11.3 Å². The minimum Gasteiger partial charge on any atom is -0.341 e. The number of urea groups is 2. The number of thiazole rings is 1. The van der Waals surface area contributed by atoms with Crippen LogP contribution in [0.3, 0.4) is 0 Å². The highest BCUT2D eigenvalue weighted by Gasteiger charge is 2.15. The smallest absolute Gasteiger partial charge is 0.331 e. The first-order valence-corrected chi connectivity index (χ1v) is 4.69. The largest absolute Gasteiger partial charge is 0.341 e. The van der Waals surface area contributed by atoms with Crippen LogP contribution in [0, 0.1) is 0 Å². The molecule has 0 radical (unpaired) electrons. The molecule has 1 rings (SSSR count). The van der Waals surface area contributed by atoms with Crippen molar-refractivity contribution < 1.29 is 9.59 Å². The third-order valence-electron chi connectivity index (χ3n) is 1.47. The second kappa shape index (κ2) is 4.56. The van der Waals surface area contributed by atoms with Crippen LogP contribution in [0.15, 0.2) is 11.6 Å². The molecule has 0 aliphatic carbocycles. The molecule has 0 aromatic carbocycles. The van der Waals surface area contributed by atoms with Gasteiger partial charge in [-0.2, -0.15) is 0 Å². The zero-order valence-electron chi connectivity index (χ0n) is 7.77. The summed E-state index contributed by atoms with van der Waals surface area (Å²) in [5.74, 6) is 0. The molecular weight excluding hydrogens is 204 g/mol. The molecule has 0 atom stereocenters. The molecule has 1 heterocycles. The van der Waals surface area contributed by atoms with Crippen LogP contribution in [0.5, 0.6) is 0 Å². The van der Waals surface area contributed by atoms with E-state index in [9.17, 15) is 9.59 Å². The zero-order chi connectivity index (χ0) is 10.6. The molecule has 0 aliphatic rings. The molecule has 0 spiro atoms. The number of carbonyl (C=O) groups is 2. The summed E-state index contributed by atoms with van der Waals surface area (Å²) in [6, 6.07) is -0.988. The number of rotatable bonds is 1. The number of anilines is 1. The van der Waals surface area contributed by atoms with Crippen LogP contribution < -0.4 is 10.6 Å². The van der Waals surface area contributed by atoms with Crippen molar-refractivity contribution in [3.63, 3.8) is 0 Å². The van der Waals surface area contributed by atoms with Crippen molar-refractivity contribution >= 4 is 28.5 Å². The summed E-state index contributed by atoms with van der Waals surface area (Å²) in [7, 11) is 2.83. The maximum atomic E-state index is 11.3. The van der Waals surface area contributed by atoms with E-state index in [1.54, 1.807) is 11.6 Å². The Morgan fingerprint density at radius 3 is 2.71 bits per heavy atom. The van der Waals surface area contributed by atoms with Crippen LogP contribution in [0.2, 0.25) is 0 Å². The van der Waals surface area contributed by atoms with E-state index in [1.807, 2.05) is 0 Å². The molecular formula is C7H10N4O2S. The normalized spacial score (nSPS) is 9.29. The lowest BCUT2D eigenvalue weighted by molar-refractivity contribution is 0.203. The Kier molecular flexibility index (Phi) is 3.41. The molecule has 0 saturated heterocycles. The zero-order valence-corrected chi connectivity index (χ0v) is 8.59. The molecule has 1 aromatic heterocycles. The van der Waals surface area contributed by atoms with Gasteiger partial charge in [-0.05, 0) is 0 Å². The molecule has 0 aliphatic heterocycles. The molecule has 6 nitrogen and oxygen atoms in total. The fourth-order valence-corrected chi connectivity index (χ4v) is 1.24. The van der Waals surface area contributed by atoms with E-state index >= 15 is 0 Å². The molecule has 1 aromatic rings. The molecule has 0 bridgehead atoms. The number of nitrogens with zero attached hydrogens (tertiary/aromatic N) is 2. The topological polar surface area (TPSA) is 74.3 Å². The second-order valence-corrected chi connectivity index (χ2v) is 3.28. The minimum absolute atomic E-state index is 0.464. The predicted octanol–water partition coefficient (Wildman–Crippen LogP) is 0.946. The summed E-state index contributed by atoms with van der Waals surface area (Å²) in [5, 5.41) is 7.00. The molecule has 76 valence electrons. The lowest BCUT2D eigenvalue weighted by Gasteiger charge is -2.13. The summed E-state index contributed by atoms with van der Waals surface area (Å²) in [5.41, 5.74) is 0. The highest BCUT2D eigenvalue weighted by atomic mass is 32.1. The van der Waals surface area contributed by atoms with Gasteiger partial charge in [-0.25, -0.2) is 19.5 Å². The van der Waals surface area contributed by atoms with Gasteiger partial charge in [0.05, 0.1) is 0 Å². The molecule has 0 fully saturated rings. The Hall–Kier alpha value is -1.63. The molecule has 4 amide bonds. The van der Waals surface area contributed by atoms with Gasteiger partial charge in [-0.15, -0.1) is 11.3 Å². The van der Waals surface area contributed by atoms with Crippen molar-refractivity contribution in [3.8, 4) is 0 Å². The summed E-state index contributed by atoms with van der Waals surface area (Å²) < 4.78 is 0. The number of hydrogen-bond acceptors (Lipinski definition) is 4. The Morgan fingerprint density at radius 1 is 1.50 bits per heavy atom. The van der Waals surface area contributed by atoms with Crippen molar-refractivity contribution in [1.82, 2.24) is 15.2 Å². The third kappa shape index (κ3) is 2.43. The van der Waals surface area contributed by atoms with Crippen molar-refractivity contribution in [2.45, 2.75) is 0 Å². The Bertz CT molecular complexity index is 324. The van der Waals surface area contributed by atoms with Crippen LogP contribution in [0.4, 0.5) is 14.7 Å². The van der Waals surface area contributed by atoms with E-state index in [2.05, 4.69) is 15.6 Å². The standard InChI is InChI=1S/C7H10N4O2S/c1-8-6(12)11(2)7(13)10-5-9-3-4-14-5/h3-4H,1-2H3,(H,8,12)(H,9,10,13). The minimum atomic E-state index is -0.515. The molecule has 0 unspecified atom stereocenters. The third-order valence-corrected chi connectivity index (χ3v) is 2.16. The average molecular weight is 214 g/mol. The van der Waals surface area contributed by atoms with Crippen molar-refractivity contribution in [2.75, 3.05) is 19.4 Å². The number of nitrogens with one attached hydrogen (secondary N) is 2. The molecule has 7 heteroatoms. The van der Waals surface area contributed by atoms with Crippen LogP contribution in [0.1, 0.15) is 0 Å². The van der Waals surface area contributed by atoms with E-state index in [0.29, 0.717) is 5.13 Å². The summed E-state index contributed by atoms with van der Waals surface area (Å²) in [6.45, 7) is 0. The van der Waals surface area contributed by atoms with E-state index in [4.69, 9.17) is 0 Å². The fourth-order valence-electron chi connectivity index (χ4n) is 0.720. The van der Waals surface area contributed by atoms with Gasteiger partial charge in [0.25, 0.3) is 0 Å². The number of imide groups is 1. The number of aromatic nitrogens is 1. The quantitative estimate of drug-likeness (QED) is 0.730. The summed E-state index contributed by atoms with van der Waals surface area (Å²) >= 11 is 1.29. The molecule has 0 saturated carbocycles. The first-order valence-electron chi connectivity index (χ1n) is 3.81. The van der Waals surface area contributed by atoms with Crippen molar-refractivity contribution in [2.24, 2.45) is 0 Å². The van der Waals surface area contributed by atoms with Crippen molar-refractivity contribution in [3.05, 3.63) is 11.6 Å². The first-order chi connectivity index (χ1) is 6.65. The van der Waals surface area contributed by atoms with E-state index in [0.717, 1.165) is 4.90 Å². The molecule has 2 N–H and O–H groups in total.